The van der Waals surface area contributed by atoms with E-state index in [1.807, 2.05) is 30.3 Å². The number of methoxy groups -OCH3 is 1. The first-order valence-corrected chi connectivity index (χ1v) is 7.51. The second-order valence-electron chi connectivity index (χ2n) is 4.34. The molecule has 0 atom stereocenters. The molecule has 3 rings (SSSR count). The Hall–Kier alpha value is -2.54. The van der Waals surface area contributed by atoms with Crippen LogP contribution in [0.3, 0.4) is 0 Å². The highest BCUT2D eigenvalue weighted by Crippen LogP contribution is 2.23. The summed E-state index contributed by atoms with van der Waals surface area (Å²) in [5.41, 5.74) is 1.37. The molecule has 1 aromatic carbocycles. The highest BCUT2D eigenvalue weighted by atomic mass is 32.2. The number of hydrogen-bond donors (Lipinski definition) is 0. The second-order valence-corrected chi connectivity index (χ2v) is 5.29. The molecule has 0 amide bonds. The maximum Gasteiger partial charge on any atom is 0.341 e. The number of nitrogens with zero attached hydrogens (tertiary/aromatic N) is 3. The molecule has 0 aliphatic heterocycles. The van der Waals surface area contributed by atoms with Crippen molar-refractivity contribution in [1.82, 2.24) is 14.8 Å². The Morgan fingerprint density at radius 3 is 2.91 bits per heavy atom. The van der Waals surface area contributed by atoms with Gasteiger partial charge in [0.15, 0.2) is 0 Å². The minimum absolute atomic E-state index is 0.410. The Bertz CT molecular complexity index is 767. The van der Waals surface area contributed by atoms with Crippen molar-refractivity contribution in [3.8, 4) is 5.69 Å². The van der Waals surface area contributed by atoms with Gasteiger partial charge >= 0.3 is 5.97 Å². The topological polar surface area (TPSA) is 70.2 Å². The summed E-state index contributed by atoms with van der Waals surface area (Å²) in [7, 11) is 1.34. The molecule has 6 nitrogen and oxygen atoms in total. The number of carbonyl (C=O) groups is 1. The predicted molar refractivity (Wildman–Crippen MR) is 81.0 cm³/mol. The smallest absolute Gasteiger partial charge is 0.341 e. The number of thioether (sulfide) groups is 1. The highest BCUT2D eigenvalue weighted by Gasteiger charge is 2.16. The third kappa shape index (κ3) is 3.04. The molecule has 0 spiro atoms. The fourth-order valence-corrected chi connectivity index (χ4v) is 2.64. The molecular formula is C15H13N3O3S. The third-order valence-electron chi connectivity index (χ3n) is 2.97. The first-order valence-electron chi connectivity index (χ1n) is 6.52. The summed E-state index contributed by atoms with van der Waals surface area (Å²) in [6, 6.07) is 11.3. The monoisotopic (exact) mass is 315 g/mol. The molecule has 0 unspecified atom stereocenters. The van der Waals surface area contributed by atoms with Crippen LogP contribution in [0.2, 0.25) is 0 Å². The second kappa shape index (κ2) is 6.48. The molecule has 0 bridgehead atoms. The van der Waals surface area contributed by atoms with Crippen LogP contribution in [-0.2, 0) is 10.5 Å². The van der Waals surface area contributed by atoms with Crippen molar-refractivity contribution < 1.29 is 13.9 Å². The van der Waals surface area contributed by atoms with Gasteiger partial charge in [-0.05, 0) is 18.2 Å². The van der Waals surface area contributed by atoms with Gasteiger partial charge in [0.2, 0.25) is 5.16 Å². The fraction of sp³-hybridized carbons (Fsp3) is 0.133. The van der Waals surface area contributed by atoms with E-state index in [1.54, 1.807) is 17.1 Å². The Labute approximate surface area is 131 Å². The van der Waals surface area contributed by atoms with Crippen molar-refractivity contribution in [1.29, 1.82) is 0 Å². The van der Waals surface area contributed by atoms with Gasteiger partial charge in [-0.2, -0.15) is 0 Å². The Kier molecular flexibility index (Phi) is 4.24. The number of hydrogen-bond acceptors (Lipinski definition) is 6. The fourth-order valence-electron chi connectivity index (χ4n) is 1.89. The van der Waals surface area contributed by atoms with Gasteiger partial charge in [-0.1, -0.05) is 30.0 Å². The molecule has 112 valence electrons. The van der Waals surface area contributed by atoms with E-state index in [0.717, 1.165) is 5.69 Å². The van der Waals surface area contributed by atoms with Crippen molar-refractivity contribution in [2.45, 2.75) is 10.9 Å². The number of aromatic nitrogens is 3. The standard InChI is InChI=1S/C15H13N3O3S/c1-20-14(19)12-7-8-21-13(12)9-22-15-16-10-18(17-15)11-5-3-2-4-6-11/h2-8,10H,9H2,1H3. The van der Waals surface area contributed by atoms with Crippen LogP contribution in [0.1, 0.15) is 16.1 Å². The third-order valence-corrected chi connectivity index (χ3v) is 3.83. The van der Waals surface area contributed by atoms with Crippen LogP contribution < -0.4 is 0 Å². The molecule has 0 fully saturated rings. The minimum atomic E-state index is -0.410. The van der Waals surface area contributed by atoms with E-state index in [2.05, 4.69) is 10.1 Å². The van der Waals surface area contributed by atoms with Crippen LogP contribution in [0.5, 0.6) is 0 Å². The molecule has 2 aromatic heterocycles. The first-order chi connectivity index (χ1) is 10.8. The van der Waals surface area contributed by atoms with Crippen LogP contribution in [0, 0.1) is 0 Å². The number of carbonyl (C=O) groups excluding carboxylic acids is 1. The van der Waals surface area contributed by atoms with Crippen LogP contribution in [0.4, 0.5) is 0 Å². The zero-order valence-electron chi connectivity index (χ0n) is 11.8. The van der Waals surface area contributed by atoms with Crippen molar-refractivity contribution >= 4 is 17.7 Å². The van der Waals surface area contributed by atoms with Gasteiger partial charge in [0.1, 0.15) is 17.7 Å². The molecule has 0 aliphatic carbocycles. The number of furan rings is 1. The lowest BCUT2D eigenvalue weighted by molar-refractivity contribution is 0.0598. The number of rotatable bonds is 5. The predicted octanol–water partition coefficient (Wildman–Crippen LogP) is 2.94. The average molecular weight is 315 g/mol. The van der Waals surface area contributed by atoms with E-state index in [4.69, 9.17) is 9.15 Å². The van der Waals surface area contributed by atoms with Crippen LogP contribution in [0.25, 0.3) is 5.69 Å². The van der Waals surface area contributed by atoms with Gasteiger partial charge < -0.3 is 9.15 Å². The summed E-state index contributed by atoms with van der Waals surface area (Å²) in [6.07, 6.45) is 3.12. The molecule has 0 saturated carbocycles. The van der Waals surface area contributed by atoms with Crippen LogP contribution in [-0.4, -0.2) is 27.8 Å². The van der Waals surface area contributed by atoms with Crippen LogP contribution in [0.15, 0.2) is 58.6 Å². The lowest BCUT2D eigenvalue weighted by atomic mass is 10.3. The van der Waals surface area contributed by atoms with Gasteiger partial charge in [-0.3, -0.25) is 0 Å². The number of ether oxygens (including phenoxy) is 1. The van der Waals surface area contributed by atoms with Crippen molar-refractivity contribution in [3.63, 3.8) is 0 Å². The normalized spacial score (nSPS) is 10.6. The maximum atomic E-state index is 11.6. The van der Waals surface area contributed by atoms with Crippen molar-refractivity contribution in [2.75, 3.05) is 7.11 Å². The zero-order valence-corrected chi connectivity index (χ0v) is 12.6. The lowest BCUT2D eigenvalue weighted by Crippen LogP contribution is -2.02. The number of para-hydroxylation sites is 1. The summed E-state index contributed by atoms with van der Waals surface area (Å²) < 4.78 is 11.7. The number of benzene rings is 1. The summed E-state index contributed by atoms with van der Waals surface area (Å²) in [5.74, 6) is 0.594. The van der Waals surface area contributed by atoms with Crippen molar-refractivity contribution in [2.24, 2.45) is 0 Å². The lowest BCUT2D eigenvalue weighted by Gasteiger charge is -2.00. The molecule has 0 aliphatic rings. The number of esters is 1. The SMILES string of the molecule is COC(=O)c1ccoc1CSc1ncn(-c2ccccc2)n1. The van der Waals surface area contributed by atoms with E-state index in [-0.39, 0.29) is 0 Å². The van der Waals surface area contributed by atoms with Gasteiger partial charge in [-0.25, -0.2) is 14.5 Å². The van der Waals surface area contributed by atoms with E-state index in [1.165, 1.54) is 25.1 Å². The Morgan fingerprint density at radius 2 is 2.14 bits per heavy atom. The molecule has 0 N–H and O–H groups in total. The first kappa shape index (κ1) is 14.4. The summed E-state index contributed by atoms with van der Waals surface area (Å²) in [4.78, 5) is 15.8. The maximum absolute atomic E-state index is 11.6. The zero-order chi connectivity index (χ0) is 15.4. The molecule has 7 heteroatoms. The molecule has 22 heavy (non-hydrogen) atoms. The van der Waals surface area contributed by atoms with Crippen molar-refractivity contribution in [3.05, 3.63) is 60.3 Å². The summed E-state index contributed by atoms with van der Waals surface area (Å²) in [6.45, 7) is 0. The summed E-state index contributed by atoms with van der Waals surface area (Å²) >= 11 is 1.39. The van der Waals surface area contributed by atoms with E-state index < -0.39 is 5.97 Å². The quantitative estimate of drug-likeness (QED) is 0.532. The van der Waals surface area contributed by atoms with Gasteiger partial charge in [0.05, 0.1) is 24.8 Å². The van der Waals surface area contributed by atoms with Gasteiger partial charge in [0, 0.05) is 0 Å². The molecule has 0 radical (unpaired) electrons. The minimum Gasteiger partial charge on any atom is -0.468 e. The Morgan fingerprint density at radius 1 is 1.32 bits per heavy atom. The largest absolute Gasteiger partial charge is 0.468 e. The van der Waals surface area contributed by atoms with Crippen LogP contribution >= 0.6 is 11.8 Å². The molecular weight excluding hydrogens is 302 g/mol. The summed E-state index contributed by atoms with van der Waals surface area (Å²) in [5, 5.41) is 4.99. The molecule has 2 heterocycles. The van der Waals surface area contributed by atoms with Gasteiger partial charge in [-0.15, -0.1) is 5.10 Å². The van der Waals surface area contributed by atoms with Gasteiger partial charge in [0.25, 0.3) is 0 Å². The molecule has 3 aromatic rings. The highest BCUT2D eigenvalue weighted by molar-refractivity contribution is 7.98. The van der Waals surface area contributed by atoms with E-state index >= 15 is 0 Å². The average Bonchev–Trinajstić information content (AvgIpc) is 3.22. The van der Waals surface area contributed by atoms with E-state index in [9.17, 15) is 4.79 Å². The Balaban J connectivity index is 1.69. The molecule has 0 saturated heterocycles. The van der Waals surface area contributed by atoms with E-state index in [0.29, 0.717) is 22.2 Å².